The molecule has 0 spiro atoms. The van der Waals surface area contributed by atoms with Gasteiger partial charge >= 0.3 is 5.97 Å². The van der Waals surface area contributed by atoms with Gasteiger partial charge in [0.25, 0.3) is 0 Å². The predicted octanol–water partition coefficient (Wildman–Crippen LogP) is 1.79. The van der Waals surface area contributed by atoms with Crippen molar-refractivity contribution in [1.82, 2.24) is 4.90 Å². The first-order valence-electron chi connectivity index (χ1n) is 5.40. The Morgan fingerprint density at radius 3 is 2.22 bits per heavy atom. The molecular weight excluding hydrogens is 232 g/mol. The fourth-order valence-electron chi connectivity index (χ4n) is 1.19. The van der Waals surface area contributed by atoms with Crippen LogP contribution < -0.4 is 5.32 Å². The van der Waals surface area contributed by atoms with E-state index in [-0.39, 0.29) is 11.5 Å². The first-order valence-corrected chi connectivity index (χ1v) is 5.40. The van der Waals surface area contributed by atoms with Crippen LogP contribution in [0.2, 0.25) is 0 Å². The molecule has 0 aliphatic rings. The Hall–Kier alpha value is -2.30. The number of carboxylic acids is 1. The second-order valence-corrected chi connectivity index (χ2v) is 4.05. The van der Waals surface area contributed by atoms with Crippen LogP contribution in [-0.4, -0.2) is 36.0 Å². The second kappa shape index (κ2) is 5.86. The first kappa shape index (κ1) is 13.8. The molecule has 2 N–H and O–H groups in total. The molecule has 0 unspecified atom stereocenters. The van der Waals surface area contributed by atoms with E-state index in [0.717, 1.165) is 5.70 Å². The lowest BCUT2D eigenvalue weighted by molar-refractivity contribution is -0.112. The SMILES string of the molecule is C/C(=C\C(=O)Nc1ccc(C(=O)O)cc1)N(C)C. The van der Waals surface area contributed by atoms with Crippen LogP contribution in [0, 0.1) is 0 Å². The van der Waals surface area contributed by atoms with Gasteiger partial charge in [-0.1, -0.05) is 0 Å². The van der Waals surface area contributed by atoms with Crippen LogP contribution in [0.3, 0.4) is 0 Å². The van der Waals surface area contributed by atoms with Gasteiger partial charge in [-0.3, -0.25) is 4.79 Å². The molecule has 0 bridgehead atoms. The lowest BCUT2D eigenvalue weighted by atomic mass is 10.2. The Morgan fingerprint density at radius 2 is 1.78 bits per heavy atom. The fraction of sp³-hybridized carbons (Fsp3) is 0.231. The van der Waals surface area contributed by atoms with Gasteiger partial charge in [-0.2, -0.15) is 0 Å². The lowest BCUT2D eigenvalue weighted by Gasteiger charge is -2.12. The molecule has 1 aromatic rings. The third-order valence-corrected chi connectivity index (χ3v) is 2.44. The van der Waals surface area contributed by atoms with Crippen LogP contribution in [0.15, 0.2) is 36.0 Å². The monoisotopic (exact) mass is 248 g/mol. The summed E-state index contributed by atoms with van der Waals surface area (Å²) in [6, 6.07) is 6.00. The Bertz CT molecular complexity index is 476. The quantitative estimate of drug-likeness (QED) is 0.797. The zero-order valence-electron chi connectivity index (χ0n) is 10.6. The van der Waals surface area contributed by atoms with Gasteiger partial charge in [-0.15, -0.1) is 0 Å². The Balaban J connectivity index is 2.71. The number of carboxylic acid groups (broad SMARTS) is 1. The van der Waals surface area contributed by atoms with Crippen molar-refractivity contribution in [3.05, 3.63) is 41.6 Å². The van der Waals surface area contributed by atoms with Crippen molar-refractivity contribution in [2.75, 3.05) is 19.4 Å². The highest BCUT2D eigenvalue weighted by atomic mass is 16.4. The van der Waals surface area contributed by atoms with E-state index in [9.17, 15) is 9.59 Å². The lowest BCUT2D eigenvalue weighted by Crippen LogP contribution is -2.14. The average molecular weight is 248 g/mol. The molecule has 0 radical (unpaired) electrons. The van der Waals surface area contributed by atoms with Gasteiger partial charge in [0.2, 0.25) is 5.91 Å². The minimum atomic E-state index is -0.990. The molecular formula is C13H16N2O3. The van der Waals surface area contributed by atoms with Crippen LogP contribution in [0.4, 0.5) is 5.69 Å². The second-order valence-electron chi connectivity index (χ2n) is 4.05. The topological polar surface area (TPSA) is 69.6 Å². The number of nitrogens with zero attached hydrogens (tertiary/aromatic N) is 1. The number of aromatic carboxylic acids is 1. The summed E-state index contributed by atoms with van der Waals surface area (Å²) in [5.74, 6) is -1.24. The summed E-state index contributed by atoms with van der Waals surface area (Å²) in [6.07, 6.45) is 1.48. The maximum Gasteiger partial charge on any atom is 0.335 e. The summed E-state index contributed by atoms with van der Waals surface area (Å²) in [5.41, 5.74) is 1.58. The van der Waals surface area contributed by atoms with Crippen molar-refractivity contribution in [1.29, 1.82) is 0 Å². The largest absolute Gasteiger partial charge is 0.478 e. The highest BCUT2D eigenvalue weighted by Gasteiger charge is 2.04. The molecule has 0 atom stereocenters. The summed E-state index contributed by atoms with van der Waals surface area (Å²) >= 11 is 0. The van der Waals surface area contributed by atoms with Crippen molar-refractivity contribution in [2.45, 2.75) is 6.92 Å². The van der Waals surface area contributed by atoms with E-state index in [0.29, 0.717) is 5.69 Å². The zero-order valence-corrected chi connectivity index (χ0v) is 10.6. The molecule has 0 fully saturated rings. The number of anilines is 1. The smallest absolute Gasteiger partial charge is 0.335 e. The van der Waals surface area contributed by atoms with Gasteiger partial charge in [0.1, 0.15) is 0 Å². The highest BCUT2D eigenvalue weighted by molar-refractivity contribution is 6.00. The molecule has 5 nitrogen and oxygen atoms in total. The normalized spacial score (nSPS) is 10.9. The third kappa shape index (κ3) is 3.93. The maximum absolute atomic E-state index is 11.6. The van der Waals surface area contributed by atoms with E-state index in [4.69, 9.17) is 5.11 Å². The van der Waals surface area contributed by atoms with E-state index in [1.807, 2.05) is 25.9 Å². The summed E-state index contributed by atoms with van der Waals surface area (Å²) in [5, 5.41) is 11.4. The number of benzene rings is 1. The minimum absolute atomic E-state index is 0.188. The minimum Gasteiger partial charge on any atom is -0.478 e. The van der Waals surface area contributed by atoms with E-state index >= 15 is 0 Å². The van der Waals surface area contributed by atoms with Crippen LogP contribution in [0.25, 0.3) is 0 Å². The van der Waals surface area contributed by atoms with Crippen molar-refractivity contribution in [3.8, 4) is 0 Å². The van der Waals surface area contributed by atoms with Gasteiger partial charge < -0.3 is 15.3 Å². The molecule has 1 rings (SSSR count). The van der Waals surface area contributed by atoms with Crippen LogP contribution >= 0.6 is 0 Å². The maximum atomic E-state index is 11.6. The van der Waals surface area contributed by atoms with Crippen molar-refractivity contribution >= 4 is 17.6 Å². The molecule has 0 heterocycles. The van der Waals surface area contributed by atoms with Crippen molar-refractivity contribution in [3.63, 3.8) is 0 Å². The van der Waals surface area contributed by atoms with Gasteiger partial charge in [-0.25, -0.2) is 4.79 Å². The molecule has 0 aliphatic carbocycles. The highest BCUT2D eigenvalue weighted by Crippen LogP contribution is 2.10. The van der Waals surface area contributed by atoms with E-state index in [2.05, 4.69) is 5.32 Å². The number of hydrogen-bond acceptors (Lipinski definition) is 3. The van der Waals surface area contributed by atoms with Gasteiger partial charge in [-0.05, 0) is 31.2 Å². The first-order chi connectivity index (χ1) is 8.40. The molecule has 0 saturated heterocycles. The summed E-state index contributed by atoms with van der Waals surface area (Å²) in [7, 11) is 3.70. The number of nitrogens with one attached hydrogen (secondary N) is 1. The van der Waals surface area contributed by atoms with Gasteiger partial charge in [0, 0.05) is 31.6 Å². The summed E-state index contributed by atoms with van der Waals surface area (Å²) < 4.78 is 0. The number of carbonyl (C=O) groups is 2. The molecule has 5 heteroatoms. The molecule has 1 amide bonds. The van der Waals surface area contributed by atoms with Crippen LogP contribution in [0.1, 0.15) is 17.3 Å². The van der Waals surface area contributed by atoms with Crippen molar-refractivity contribution < 1.29 is 14.7 Å². The number of rotatable bonds is 4. The average Bonchev–Trinajstić information content (AvgIpc) is 2.29. The predicted molar refractivity (Wildman–Crippen MR) is 69.5 cm³/mol. The molecule has 0 aliphatic heterocycles. The Morgan fingerprint density at radius 1 is 1.22 bits per heavy atom. The van der Waals surface area contributed by atoms with E-state index < -0.39 is 5.97 Å². The van der Waals surface area contributed by atoms with E-state index in [1.54, 1.807) is 12.1 Å². The number of carbonyl (C=O) groups excluding carboxylic acids is 1. The molecule has 1 aromatic carbocycles. The van der Waals surface area contributed by atoms with Gasteiger partial charge in [0.05, 0.1) is 5.56 Å². The fourth-order valence-corrected chi connectivity index (χ4v) is 1.19. The third-order valence-electron chi connectivity index (χ3n) is 2.44. The Labute approximate surface area is 106 Å². The molecule has 0 saturated carbocycles. The number of allylic oxidation sites excluding steroid dienone is 1. The Kier molecular flexibility index (Phi) is 4.48. The number of amides is 1. The molecule has 0 aromatic heterocycles. The van der Waals surface area contributed by atoms with Crippen LogP contribution in [-0.2, 0) is 4.79 Å². The molecule has 96 valence electrons. The standard InChI is InChI=1S/C13H16N2O3/c1-9(15(2)3)8-12(16)14-11-6-4-10(5-7-11)13(17)18/h4-8H,1-3H3,(H,14,16)(H,17,18)/b9-8+. The molecule has 18 heavy (non-hydrogen) atoms. The summed E-state index contributed by atoms with van der Waals surface area (Å²) in [6.45, 7) is 1.83. The van der Waals surface area contributed by atoms with Crippen molar-refractivity contribution in [2.24, 2.45) is 0 Å². The number of hydrogen-bond donors (Lipinski definition) is 2. The zero-order chi connectivity index (χ0) is 13.7. The van der Waals surface area contributed by atoms with E-state index in [1.165, 1.54) is 18.2 Å². The van der Waals surface area contributed by atoms with Gasteiger partial charge in [0.15, 0.2) is 0 Å². The van der Waals surface area contributed by atoms with Crippen LogP contribution in [0.5, 0.6) is 0 Å². The summed E-state index contributed by atoms with van der Waals surface area (Å²) in [4.78, 5) is 24.1.